The lowest BCUT2D eigenvalue weighted by atomic mass is 10.1. The fraction of sp³-hybridized carbons (Fsp3) is 0.211. The van der Waals surface area contributed by atoms with E-state index in [2.05, 4.69) is 27.2 Å². The number of halogens is 1. The fourth-order valence-corrected chi connectivity index (χ4v) is 2.79. The van der Waals surface area contributed by atoms with Gasteiger partial charge in [0.15, 0.2) is 5.82 Å². The molecule has 1 aromatic carbocycles. The maximum Gasteiger partial charge on any atom is 0.180 e. The number of pyridine rings is 1. The molecule has 122 valence electrons. The molecule has 2 aromatic heterocycles. The van der Waals surface area contributed by atoms with Crippen LogP contribution in [0.2, 0.25) is 5.02 Å². The SMILES string of the molecule is Cc1nc(-c2ccccn2)nc(NC(C)c2ccccc2Cl)c1C. The lowest BCUT2D eigenvalue weighted by Crippen LogP contribution is -2.12. The monoisotopic (exact) mass is 338 g/mol. The first-order chi connectivity index (χ1) is 11.6. The van der Waals surface area contributed by atoms with Crippen molar-refractivity contribution in [3.05, 3.63) is 70.5 Å². The molecule has 0 fully saturated rings. The molecule has 3 aromatic rings. The third-order valence-corrected chi connectivity index (χ3v) is 4.35. The Morgan fingerprint density at radius 2 is 1.75 bits per heavy atom. The van der Waals surface area contributed by atoms with Crippen LogP contribution in [0, 0.1) is 13.8 Å². The van der Waals surface area contributed by atoms with Crippen LogP contribution in [-0.2, 0) is 0 Å². The Kier molecular flexibility index (Phi) is 4.76. The molecular weight excluding hydrogens is 320 g/mol. The number of aromatic nitrogens is 3. The lowest BCUT2D eigenvalue weighted by Gasteiger charge is -2.19. The van der Waals surface area contributed by atoms with Crippen LogP contribution in [0.1, 0.15) is 29.8 Å². The largest absolute Gasteiger partial charge is 0.363 e. The Labute approximate surface area is 147 Å². The number of nitrogens with one attached hydrogen (secondary N) is 1. The second kappa shape index (κ2) is 6.97. The summed E-state index contributed by atoms with van der Waals surface area (Å²) < 4.78 is 0. The number of hydrogen-bond donors (Lipinski definition) is 1. The summed E-state index contributed by atoms with van der Waals surface area (Å²) in [7, 11) is 0. The predicted molar refractivity (Wildman–Crippen MR) is 98.2 cm³/mol. The molecule has 3 rings (SSSR count). The van der Waals surface area contributed by atoms with Gasteiger partial charge < -0.3 is 5.32 Å². The van der Waals surface area contributed by atoms with E-state index in [1.165, 1.54) is 0 Å². The summed E-state index contributed by atoms with van der Waals surface area (Å²) in [6, 6.07) is 13.6. The third kappa shape index (κ3) is 3.39. The molecule has 1 atom stereocenters. The van der Waals surface area contributed by atoms with Crippen LogP contribution in [0.5, 0.6) is 0 Å². The van der Waals surface area contributed by atoms with Gasteiger partial charge in [-0.25, -0.2) is 9.97 Å². The van der Waals surface area contributed by atoms with Gasteiger partial charge in [-0.2, -0.15) is 0 Å². The minimum Gasteiger partial charge on any atom is -0.363 e. The molecule has 0 spiro atoms. The number of benzene rings is 1. The smallest absolute Gasteiger partial charge is 0.180 e. The molecular formula is C19H19ClN4. The Bertz CT molecular complexity index is 849. The summed E-state index contributed by atoms with van der Waals surface area (Å²) in [5.74, 6) is 1.42. The molecule has 4 nitrogen and oxygen atoms in total. The van der Waals surface area contributed by atoms with E-state index >= 15 is 0 Å². The Morgan fingerprint density at radius 1 is 1.00 bits per heavy atom. The van der Waals surface area contributed by atoms with Gasteiger partial charge in [0.25, 0.3) is 0 Å². The Morgan fingerprint density at radius 3 is 2.46 bits per heavy atom. The Balaban J connectivity index is 1.96. The zero-order valence-electron chi connectivity index (χ0n) is 13.9. The maximum atomic E-state index is 6.30. The summed E-state index contributed by atoms with van der Waals surface area (Å²) in [6.07, 6.45) is 1.74. The molecule has 1 N–H and O–H groups in total. The van der Waals surface area contributed by atoms with Crippen molar-refractivity contribution in [1.82, 2.24) is 15.0 Å². The van der Waals surface area contributed by atoms with Gasteiger partial charge in [-0.15, -0.1) is 0 Å². The summed E-state index contributed by atoms with van der Waals surface area (Å²) in [5, 5.41) is 4.20. The molecule has 0 saturated heterocycles. The summed E-state index contributed by atoms with van der Waals surface area (Å²) >= 11 is 6.30. The number of rotatable bonds is 4. The molecule has 0 aliphatic heterocycles. The molecule has 1 unspecified atom stereocenters. The van der Waals surface area contributed by atoms with Crippen LogP contribution >= 0.6 is 11.6 Å². The van der Waals surface area contributed by atoms with Gasteiger partial charge in [0, 0.05) is 22.5 Å². The van der Waals surface area contributed by atoms with E-state index in [0.29, 0.717) is 5.82 Å². The number of anilines is 1. The van der Waals surface area contributed by atoms with E-state index in [1.54, 1.807) is 6.20 Å². The van der Waals surface area contributed by atoms with Crippen molar-refractivity contribution in [1.29, 1.82) is 0 Å². The molecule has 0 radical (unpaired) electrons. The van der Waals surface area contributed by atoms with Crippen LogP contribution < -0.4 is 5.32 Å². The van der Waals surface area contributed by atoms with E-state index in [9.17, 15) is 0 Å². The highest BCUT2D eigenvalue weighted by molar-refractivity contribution is 6.31. The van der Waals surface area contributed by atoms with Gasteiger partial charge in [0.1, 0.15) is 11.5 Å². The summed E-state index contributed by atoms with van der Waals surface area (Å²) in [6.45, 7) is 6.06. The van der Waals surface area contributed by atoms with Crippen LogP contribution in [-0.4, -0.2) is 15.0 Å². The number of nitrogens with zero attached hydrogens (tertiary/aromatic N) is 3. The van der Waals surface area contributed by atoms with Crippen LogP contribution in [0.25, 0.3) is 11.5 Å². The van der Waals surface area contributed by atoms with Gasteiger partial charge in [-0.3, -0.25) is 4.98 Å². The van der Waals surface area contributed by atoms with Crippen molar-refractivity contribution in [3.63, 3.8) is 0 Å². The minimum atomic E-state index is 0.0308. The van der Waals surface area contributed by atoms with Crippen LogP contribution in [0.4, 0.5) is 5.82 Å². The van der Waals surface area contributed by atoms with Crippen LogP contribution in [0.15, 0.2) is 48.7 Å². The van der Waals surface area contributed by atoms with Crippen molar-refractivity contribution in [2.45, 2.75) is 26.8 Å². The molecule has 24 heavy (non-hydrogen) atoms. The Hall–Kier alpha value is -2.46. The van der Waals surface area contributed by atoms with Crippen molar-refractivity contribution >= 4 is 17.4 Å². The van der Waals surface area contributed by atoms with E-state index in [-0.39, 0.29) is 6.04 Å². The van der Waals surface area contributed by atoms with Crippen molar-refractivity contribution in [3.8, 4) is 11.5 Å². The summed E-state index contributed by atoms with van der Waals surface area (Å²) in [5.41, 5.74) is 3.75. The van der Waals surface area contributed by atoms with E-state index in [4.69, 9.17) is 11.6 Å². The predicted octanol–water partition coefficient (Wildman–Crippen LogP) is 4.98. The highest BCUT2D eigenvalue weighted by atomic mass is 35.5. The van der Waals surface area contributed by atoms with Gasteiger partial charge >= 0.3 is 0 Å². The highest BCUT2D eigenvalue weighted by Crippen LogP contribution is 2.27. The highest BCUT2D eigenvalue weighted by Gasteiger charge is 2.14. The van der Waals surface area contributed by atoms with Crippen molar-refractivity contribution in [2.75, 3.05) is 5.32 Å². The second-order valence-electron chi connectivity index (χ2n) is 5.71. The third-order valence-electron chi connectivity index (χ3n) is 4.01. The first-order valence-corrected chi connectivity index (χ1v) is 8.21. The van der Waals surface area contributed by atoms with Gasteiger partial charge in [0.2, 0.25) is 0 Å². The lowest BCUT2D eigenvalue weighted by molar-refractivity contribution is 0.866. The molecule has 0 aliphatic rings. The van der Waals surface area contributed by atoms with Crippen molar-refractivity contribution in [2.24, 2.45) is 0 Å². The first-order valence-electron chi connectivity index (χ1n) is 7.84. The molecule has 5 heteroatoms. The van der Waals surface area contributed by atoms with Gasteiger partial charge in [-0.1, -0.05) is 35.9 Å². The topological polar surface area (TPSA) is 50.7 Å². The van der Waals surface area contributed by atoms with Crippen molar-refractivity contribution < 1.29 is 0 Å². The maximum absolute atomic E-state index is 6.30. The van der Waals surface area contributed by atoms with Crippen LogP contribution in [0.3, 0.4) is 0 Å². The number of aryl methyl sites for hydroxylation is 1. The van der Waals surface area contributed by atoms with Gasteiger partial charge in [-0.05, 0) is 44.5 Å². The number of hydrogen-bond acceptors (Lipinski definition) is 4. The van der Waals surface area contributed by atoms with E-state index in [0.717, 1.165) is 33.4 Å². The molecule has 0 bridgehead atoms. The zero-order chi connectivity index (χ0) is 17.1. The molecule has 0 saturated carbocycles. The molecule has 2 heterocycles. The average Bonchev–Trinajstić information content (AvgIpc) is 2.59. The standard InChI is InChI=1S/C19H19ClN4/c1-12-13(2)22-19(17-10-6-7-11-21-17)24-18(12)23-14(3)15-8-4-5-9-16(15)20/h4-11,14H,1-3H3,(H,22,23,24). The first kappa shape index (κ1) is 16.4. The fourth-order valence-electron chi connectivity index (χ4n) is 2.49. The average molecular weight is 339 g/mol. The van der Waals surface area contributed by atoms with E-state index < -0.39 is 0 Å². The molecule has 0 aliphatic carbocycles. The minimum absolute atomic E-state index is 0.0308. The summed E-state index contributed by atoms with van der Waals surface area (Å²) in [4.78, 5) is 13.6. The quantitative estimate of drug-likeness (QED) is 0.728. The zero-order valence-corrected chi connectivity index (χ0v) is 14.7. The van der Waals surface area contributed by atoms with E-state index in [1.807, 2.05) is 56.3 Å². The molecule has 0 amide bonds. The second-order valence-corrected chi connectivity index (χ2v) is 6.12. The van der Waals surface area contributed by atoms with Gasteiger partial charge in [0.05, 0.1) is 6.04 Å². The normalized spacial score (nSPS) is 12.0.